The van der Waals surface area contributed by atoms with E-state index >= 15 is 0 Å². The van der Waals surface area contributed by atoms with Crippen LogP contribution in [-0.2, 0) is 0 Å². The first-order valence-electron chi connectivity index (χ1n) is 7.23. The van der Waals surface area contributed by atoms with E-state index < -0.39 is 23.1 Å². The number of rotatable bonds is 4. The van der Waals surface area contributed by atoms with Gasteiger partial charge in [0.15, 0.2) is 0 Å². The highest BCUT2D eigenvalue weighted by Crippen LogP contribution is 2.47. The summed E-state index contributed by atoms with van der Waals surface area (Å²) in [5.74, 6) is 3.53. The van der Waals surface area contributed by atoms with E-state index in [1.807, 2.05) is 24.3 Å². The molecule has 0 radical (unpaired) electrons. The molecule has 2 N–H and O–H groups in total. The molecule has 0 saturated heterocycles. The molecule has 2 aromatic rings. The van der Waals surface area contributed by atoms with E-state index in [-0.39, 0.29) is 18.4 Å². The first kappa shape index (κ1) is 15.9. The van der Waals surface area contributed by atoms with E-state index in [0.29, 0.717) is 5.02 Å². The topological polar surface area (TPSA) is 46.3 Å². The molecular weight excluding hydrogens is 322 g/mol. The van der Waals surface area contributed by atoms with Gasteiger partial charge in [-0.25, -0.2) is 14.6 Å². The molecule has 1 amide bonds. The molecule has 0 bridgehead atoms. The molecule has 2 atom stereocenters. The maximum atomic E-state index is 13.6. The molecule has 0 aliphatic heterocycles. The lowest BCUT2D eigenvalue weighted by atomic mass is 10.1. The van der Waals surface area contributed by atoms with Gasteiger partial charge in [0.05, 0.1) is 0 Å². The molecule has 23 heavy (non-hydrogen) atoms. The fourth-order valence-electron chi connectivity index (χ4n) is 2.75. The van der Waals surface area contributed by atoms with Crippen LogP contribution in [0, 0.1) is 17.6 Å². The smallest absolute Gasteiger partial charge is 0.273 e. The Morgan fingerprint density at radius 1 is 1.17 bits per heavy atom. The molecule has 1 saturated carbocycles. The molecule has 0 aromatic heterocycles. The van der Waals surface area contributed by atoms with Crippen LogP contribution < -0.4 is 5.84 Å². The minimum atomic E-state index is -0.907. The number of nitrogens with two attached hydrogens (primary N) is 1. The van der Waals surface area contributed by atoms with Crippen LogP contribution in [0.3, 0.4) is 0 Å². The molecule has 0 spiro atoms. The standard InChI is InChI=1S/C17H15ClF2N2O/c18-12-6-4-10(5-7-12)13-8-11(13)9-22(21)17(23)16-14(19)2-1-3-15(16)20/h1-7,11,13H,8-9,21H2/t11-,13?/m0/s1. The summed E-state index contributed by atoms with van der Waals surface area (Å²) >= 11 is 5.85. The Morgan fingerprint density at radius 2 is 1.78 bits per heavy atom. The predicted octanol–water partition coefficient (Wildman–Crippen LogP) is 3.74. The lowest BCUT2D eigenvalue weighted by Crippen LogP contribution is -2.40. The van der Waals surface area contributed by atoms with E-state index in [4.69, 9.17) is 17.4 Å². The second-order valence-electron chi connectivity index (χ2n) is 5.71. The Bertz CT molecular complexity index is 716. The van der Waals surface area contributed by atoms with E-state index in [1.165, 1.54) is 6.07 Å². The molecule has 2 aromatic carbocycles. The van der Waals surface area contributed by atoms with Gasteiger partial charge in [-0.15, -0.1) is 0 Å². The van der Waals surface area contributed by atoms with Crippen molar-refractivity contribution in [1.82, 2.24) is 5.01 Å². The zero-order chi connectivity index (χ0) is 16.6. The van der Waals surface area contributed by atoms with Crippen LogP contribution in [0.5, 0.6) is 0 Å². The molecule has 1 unspecified atom stereocenters. The molecule has 1 aliphatic carbocycles. The third kappa shape index (κ3) is 3.35. The van der Waals surface area contributed by atoms with Crippen molar-refractivity contribution in [3.8, 4) is 0 Å². The Labute approximate surface area is 137 Å². The molecule has 120 valence electrons. The van der Waals surface area contributed by atoms with Crippen LogP contribution in [0.4, 0.5) is 8.78 Å². The van der Waals surface area contributed by atoms with Gasteiger partial charge in [0, 0.05) is 11.6 Å². The van der Waals surface area contributed by atoms with Crippen LogP contribution in [0.25, 0.3) is 0 Å². The highest BCUT2D eigenvalue weighted by atomic mass is 35.5. The normalized spacial score (nSPS) is 19.5. The van der Waals surface area contributed by atoms with Crippen LogP contribution in [0.1, 0.15) is 28.3 Å². The average molecular weight is 337 g/mol. The zero-order valence-electron chi connectivity index (χ0n) is 12.2. The summed E-state index contributed by atoms with van der Waals surface area (Å²) in [6, 6.07) is 10.8. The van der Waals surface area contributed by atoms with E-state index in [1.54, 1.807) is 0 Å². The second kappa shape index (κ2) is 6.26. The molecule has 1 aliphatic rings. The van der Waals surface area contributed by atoms with Gasteiger partial charge in [0.2, 0.25) is 0 Å². The summed E-state index contributed by atoms with van der Waals surface area (Å²) < 4.78 is 27.3. The van der Waals surface area contributed by atoms with Crippen LogP contribution in [-0.4, -0.2) is 17.5 Å². The number of carbonyl (C=O) groups excluding carboxylic acids is 1. The molecule has 3 nitrogen and oxygen atoms in total. The molecule has 3 rings (SSSR count). The van der Waals surface area contributed by atoms with Crippen molar-refractivity contribution < 1.29 is 13.6 Å². The number of nitrogens with zero attached hydrogens (tertiary/aromatic N) is 1. The van der Waals surface area contributed by atoms with Gasteiger partial charge in [0.25, 0.3) is 5.91 Å². The first-order chi connectivity index (χ1) is 11.0. The van der Waals surface area contributed by atoms with E-state index in [2.05, 4.69) is 0 Å². The van der Waals surface area contributed by atoms with Gasteiger partial charge >= 0.3 is 0 Å². The van der Waals surface area contributed by atoms with Crippen molar-refractivity contribution in [2.24, 2.45) is 11.8 Å². The monoisotopic (exact) mass is 336 g/mol. The maximum absolute atomic E-state index is 13.6. The van der Waals surface area contributed by atoms with Crippen LogP contribution >= 0.6 is 11.6 Å². The Hall–Kier alpha value is -1.98. The van der Waals surface area contributed by atoms with Crippen molar-refractivity contribution in [1.29, 1.82) is 0 Å². The molecule has 1 fully saturated rings. The van der Waals surface area contributed by atoms with Gasteiger partial charge in [-0.1, -0.05) is 29.8 Å². The molecule has 0 heterocycles. The van der Waals surface area contributed by atoms with Crippen molar-refractivity contribution in [3.05, 3.63) is 70.2 Å². The number of amides is 1. The first-order valence-corrected chi connectivity index (χ1v) is 7.61. The minimum Gasteiger partial charge on any atom is -0.276 e. The third-order valence-corrected chi connectivity index (χ3v) is 4.34. The van der Waals surface area contributed by atoms with Gasteiger partial charge in [-0.2, -0.15) is 0 Å². The average Bonchev–Trinajstić information content (AvgIpc) is 3.26. The summed E-state index contributed by atoms with van der Waals surface area (Å²) in [6.07, 6.45) is 0.877. The second-order valence-corrected chi connectivity index (χ2v) is 6.14. The number of halogens is 3. The summed E-state index contributed by atoms with van der Waals surface area (Å²) in [6.45, 7) is 0.250. The number of carbonyl (C=O) groups is 1. The van der Waals surface area contributed by atoms with Crippen molar-refractivity contribution in [3.63, 3.8) is 0 Å². The number of hydrogen-bond donors (Lipinski definition) is 1. The van der Waals surface area contributed by atoms with Crippen molar-refractivity contribution >= 4 is 17.5 Å². The van der Waals surface area contributed by atoms with Crippen LogP contribution in [0.15, 0.2) is 42.5 Å². The number of benzene rings is 2. The van der Waals surface area contributed by atoms with Gasteiger partial charge in [0.1, 0.15) is 17.2 Å². The lowest BCUT2D eigenvalue weighted by Gasteiger charge is -2.17. The fourth-order valence-corrected chi connectivity index (χ4v) is 2.87. The Morgan fingerprint density at radius 3 is 2.39 bits per heavy atom. The number of hydrogen-bond acceptors (Lipinski definition) is 2. The summed E-state index contributed by atoms with van der Waals surface area (Å²) in [5.41, 5.74) is 0.510. The van der Waals surface area contributed by atoms with Crippen LogP contribution in [0.2, 0.25) is 5.02 Å². The lowest BCUT2D eigenvalue weighted by molar-refractivity contribution is 0.0737. The quantitative estimate of drug-likeness (QED) is 0.525. The van der Waals surface area contributed by atoms with Gasteiger partial charge in [-0.05, 0) is 48.1 Å². The van der Waals surface area contributed by atoms with E-state index in [0.717, 1.165) is 29.1 Å². The summed E-state index contributed by atoms with van der Waals surface area (Å²) in [4.78, 5) is 12.1. The van der Waals surface area contributed by atoms with Gasteiger partial charge < -0.3 is 0 Å². The van der Waals surface area contributed by atoms with Crippen molar-refractivity contribution in [2.45, 2.75) is 12.3 Å². The Balaban J connectivity index is 1.65. The summed E-state index contributed by atoms with van der Waals surface area (Å²) in [7, 11) is 0. The maximum Gasteiger partial charge on any atom is 0.273 e. The number of hydrazine groups is 1. The highest BCUT2D eigenvalue weighted by molar-refractivity contribution is 6.30. The highest BCUT2D eigenvalue weighted by Gasteiger charge is 2.40. The molecule has 6 heteroatoms. The Kier molecular flexibility index (Phi) is 4.33. The fraction of sp³-hybridized carbons (Fsp3) is 0.235. The SMILES string of the molecule is NN(C[C@@H]1CC1c1ccc(Cl)cc1)C(=O)c1c(F)cccc1F. The largest absolute Gasteiger partial charge is 0.276 e. The van der Waals surface area contributed by atoms with Gasteiger partial charge in [-0.3, -0.25) is 9.80 Å². The summed E-state index contributed by atoms with van der Waals surface area (Å²) in [5, 5.41) is 1.55. The zero-order valence-corrected chi connectivity index (χ0v) is 12.9. The van der Waals surface area contributed by atoms with E-state index in [9.17, 15) is 13.6 Å². The third-order valence-electron chi connectivity index (χ3n) is 4.09. The minimum absolute atomic E-state index is 0.181. The predicted molar refractivity (Wildman–Crippen MR) is 83.9 cm³/mol. The van der Waals surface area contributed by atoms with Crippen molar-refractivity contribution in [2.75, 3.05) is 6.54 Å². The molecular formula is C17H15ClF2N2O.